The first-order valence-electron chi connectivity index (χ1n) is 9.32. The van der Waals surface area contributed by atoms with Gasteiger partial charge in [0.15, 0.2) is 11.5 Å². The second-order valence-corrected chi connectivity index (χ2v) is 6.76. The Labute approximate surface area is 164 Å². The van der Waals surface area contributed by atoms with E-state index in [2.05, 4.69) is 30.3 Å². The summed E-state index contributed by atoms with van der Waals surface area (Å²) in [5.41, 5.74) is 2.19. The molecule has 1 N–H and O–H groups in total. The molecule has 28 heavy (non-hydrogen) atoms. The number of anilines is 3. The molecule has 3 aromatic rings. The minimum Gasteiger partial charge on any atom is -0.353 e. The molecule has 0 saturated carbocycles. The second-order valence-electron chi connectivity index (χ2n) is 6.76. The maximum Gasteiger partial charge on any atom is 0.276 e. The highest BCUT2D eigenvalue weighted by Crippen LogP contribution is 2.17. The van der Waals surface area contributed by atoms with Crippen LogP contribution < -0.4 is 15.1 Å². The quantitative estimate of drug-likeness (QED) is 0.757. The Morgan fingerprint density at radius 2 is 1.57 bits per heavy atom. The van der Waals surface area contributed by atoms with Crippen molar-refractivity contribution in [2.75, 3.05) is 41.3 Å². The molecule has 0 spiro atoms. The van der Waals surface area contributed by atoms with Crippen molar-refractivity contribution in [2.45, 2.75) is 6.92 Å². The van der Waals surface area contributed by atoms with Crippen molar-refractivity contribution < 1.29 is 4.79 Å². The fourth-order valence-corrected chi connectivity index (χ4v) is 3.15. The maximum absolute atomic E-state index is 12.3. The predicted molar refractivity (Wildman–Crippen MR) is 110 cm³/mol. The number of pyridine rings is 1. The van der Waals surface area contributed by atoms with Crippen LogP contribution in [0.25, 0.3) is 0 Å². The van der Waals surface area contributed by atoms with E-state index in [0.717, 1.165) is 49.1 Å². The fraction of sp³-hybridized carbons (Fsp3) is 0.238. The summed E-state index contributed by atoms with van der Waals surface area (Å²) in [6, 6.07) is 17.2. The van der Waals surface area contributed by atoms with Crippen molar-refractivity contribution in [1.29, 1.82) is 0 Å². The van der Waals surface area contributed by atoms with E-state index in [-0.39, 0.29) is 5.91 Å². The van der Waals surface area contributed by atoms with Crippen molar-refractivity contribution >= 4 is 23.2 Å². The van der Waals surface area contributed by atoms with Crippen molar-refractivity contribution in [3.8, 4) is 0 Å². The van der Waals surface area contributed by atoms with Crippen LogP contribution in [0.1, 0.15) is 16.1 Å². The topological polar surface area (TPSA) is 74.2 Å². The molecule has 3 heterocycles. The summed E-state index contributed by atoms with van der Waals surface area (Å²) >= 11 is 0. The van der Waals surface area contributed by atoms with E-state index >= 15 is 0 Å². The van der Waals surface area contributed by atoms with Crippen LogP contribution in [-0.4, -0.2) is 47.3 Å². The van der Waals surface area contributed by atoms with Crippen molar-refractivity contribution in [1.82, 2.24) is 15.2 Å². The van der Waals surface area contributed by atoms with Gasteiger partial charge in [0.2, 0.25) is 0 Å². The predicted octanol–water partition coefficient (Wildman–Crippen LogP) is 2.76. The fourth-order valence-electron chi connectivity index (χ4n) is 3.15. The lowest BCUT2D eigenvalue weighted by Crippen LogP contribution is -2.47. The zero-order valence-electron chi connectivity index (χ0n) is 15.7. The van der Waals surface area contributed by atoms with E-state index in [1.807, 2.05) is 61.7 Å². The lowest BCUT2D eigenvalue weighted by Gasteiger charge is -2.35. The van der Waals surface area contributed by atoms with Crippen LogP contribution in [0, 0.1) is 6.92 Å². The average molecular weight is 374 g/mol. The van der Waals surface area contributed by atoms with E-state index in [1.165, 1.54) is 0 Å². The minimum absolute atomic E-state index is 0.261. The SMILES string of the molecule is Cc1ccc(NC(=O)c2ccc(N3CCN(c4ccccn4)CC3)nn2)cc1. The Morgan fingerprint density at radius 1 is 0.857 bits per heavy atom. The van der Waals surface area contributed by atoms with Crippen LogP contribution in [0.4, 0.5) is 17.3 Å². The number of piperazine rings is 1. The molecule has 0 atom stereocenters. The number of carbonyl (C=O) groups excluding carboxylic acids is 1. The number of hydrogen-bond acceptors (Lipinski definition) is 6. The molecule has 0 bridgehead atoms. The standard InChI is InChI=1S/C21H22N6O/c1-16-5-7-17(8-6-16)23-21(28)18-9-10-20(25-24-18)27-14-12-26(13-15-27)19-4-2-3-11-22-19/h2-11H,12-15H2,1H3,(H,23,28). The van der Waals surface area contributed by atoms with Gasteiger partial charge in [-0.15, -0.1) is 10.2 Å². The normalized spacial score (nSPS) is 14.0. The van der Waals surface area contributed by atoms with Gasteiger partial charge in [-0.1, -0.05) is 23.8 Å². The van der Waals surface area contributed by atoms with Crippen LogP contribution in [0.15, 0.2) is 60.8 Å². The number of carbonyl (C=O) groups is 1. The van der Waals surface area contributed by atoms with E-state index in [9.17, 15) is 4.79 Å². The first kappa shape index (κ1) is 17.9. The van der Waals surface area contributed by atoms with Gasteiger partial charge in [-0.25, -0.2) is 4.98 Å². The molecule has 1 saturated heterocycles. The molecule has 7 heteroatoms. The lowest BCUT2D eigenvalue weighted by molar-refractivity contribution is 0.102. The van der Waals surface area contributed by atoms with Gasteiger partial charge < -0.3 is 15.1 Å². The highest BCUT2D eigenvalue weighted by Gasteiger charge is 2.19. The van der Waals surface area contributed by atoms with E-state index in [1.54, 1.807) is 6.07 Å². The summed E-state index contributed by atoms with van der Waals surface area (Å²) in [7, 11) is 0. The first-order valence-corrected chi connectivity index (χ1v) is 9.32. The number of hydrogen-bond donors (Lipinski definition) is 1. The first-order chi connectivity index (χ1) is 13.7. The molecule has 1 fully saturated rings. The number of nitrogens with one attached hydrogen (secondary N) is 1. The van der Waals surface area contributed by atoms with Gasteiger partial charge in [0.25, 0.3) is 5.91 Å². The Bertz CT molecular complexity index is 919. The van der Waals surface area contributed by atoms with Gasteiger partial charge in [-0.2, -0.15) is 0 Å². The molecular formula is C21H22N6O. The van der Waals surface area contributed by atoms with E-state index in [0.29, 0.717) is 5.69 Å². The molecule has 142 valence electrons. The second kappa shape index (κ2) is 8.04. The Balaban J connectivity index is 1.36. The monoisotopic (exact) mass is 374 g/mol. The molecule has 0 aliphatic carbocycles. The number of amides is 1. The van der Waals surface area contributed by atoms with Gasteiger partial charge in [0, 0.05) is 38.1 Å². The highest BCUT2D eigenvalue weighted by molar-refractivity contribution is 6.02. The number of rotatable bonds is 4. The van der Waals surface area contributed by atoms with E-state index in [4.69, 9.17) is 0 Å². The Hall–Kier alpha value is -3.48. The summed E-state index contributed by atoms with van der Waals surface area (Å²) in [6.07, 6.45) is 1.81. The molecule has 4 rings (SSSR count). The van der Waals surface area contributed by atoms with Crippen LogP contribution >= 0.6 is 0 Å². The zero-order chi connectivity index (χ0) is 19.3. The highest BCUT2D eigenvalue weighted by atomic mass is 16.1. The summed E-state index contributed by atoms with van der Waals surface area (Å²) in [5.74, 6) is 1.52. The third-order valence-corrected chi connectivity index (χ3v) is 4.77. The summed E-state index contributed by atoms with van der Waals surface area (Å²) in [6.45, 7) is 5.41. The number of aromatic nitrogens is 3. The van der Waals surface area contributed by atoms with Gasteiger partial charge in [0.1, 0.15) is 5.82 Å². The molecule has 1 aliphatic heterocycles. The van der Waals surface area contributed by atoms with Crippen LogP contribution in [0.5, 0.6) is 0 Å². The smallest absolute Gasteiger partial charge is 0.276 e. The average Bonchev–Trinajstić information content (AvgIpc) is 2.76. The van der Waals surface area contributed by atoms with Crippen LogP contribution in [0.2, 0.25) is 0 Å². The Kier molecular flexibility index (Phi) is 5.14. The van der Waals surface area contributed by atoms with Crippen LogP contribution in [0.3, 0.4) is 0 Å². The van der Waals surface area contributed by atoms with Gasteiger partial charge in [0.05, 0.1) is 0 Å². The third kappa shape index (κ3) is 4.09. The molecule has 2 aromatic heterocycles. The summed E-state index contributed by atoms with van der Waals surface area (Å²) < 4.78 is 0. The minimum atomic E-state index is -0.261. The Morgan fingerprint density at radius 3 is 2.18 bits per heavy atom. The summed E-state index contributed by atoms with van der Waals surface area (Å²) in [4.78, 5) is 21.2. The van der Waals surface area contributed by atoms with Gasteiger partial charge in [-0.3, -0.25) is 4.79 Å². The molecule has 7 nitrogen and oxygen atoms in total. The maximum atomic E-state index is 12.3. The number of nitrogens with zero attached hydrogens (tertiary/aromatic N) is 5. The van der Waals surface area contributed by atoms with E-state index < -0.39 is 0 Å². The van der Waals surface area contributed by atoms with Crippen molar-refractivity contribution in [3.05, 3.63) is 72.1 Å². The van der Waals surface area contributed by atoms with Gasteiger partial charge in [-0.05, 0) is 43.3 Å². The van der Waals surface area contributed by atoms with Crippen molar-refractivity contribution in [2.24, 2.45) is 0 Å². The lowest BCUT2D eigenvalue weighted by atomic mass is 10.2. The molecule has 0 unspecified atom stereocenters. The summed E-state index contributed by atoms with van der Waals surface area (Å²) in [5, 5.41) is 11.2. The number of aryl methyl sites for hydroxylation is 1. The molecule has 0 radical (unpaired) electrons. The third-order valence-electron chi connectivity index (χ3n) is 4.77. The molecule has 1 amide bonds. The zero-order valence-corrected chi connectivity index (χ0v) is 15.7. The molecular weight excluding hydrogens is 352 g/mol. The largest absolute Gasteiger partial charge is 0.353 e. The van der Waals surface area contributed by atoms with Crippen LogP contribution in [-0.2, 0) is 0 Å². The number of benzene rings is 1. The van der Waals surface area contributed by atoms with Gasteiger partial charge >= 0.3 is 0 Å². The van der Waals surface area contributed by atoms with Crippen molar-refractivity contribution in [3.63, 3.8) is 0 Å². The molecule has 1 aliphatic rings. The molecule has 1 aromatic carbocycles.